The van der Waals surface area contributed by atoms with Crippen LogP contribution in [0.2, 0.25) is 0 Å². The van der Waals surface area contributed by atoms with Crippen LogP contribution in [0.25, 0.3) is 0 Å². The third kappa shape index (κ3) is 1.67. The van der Waals surface area contributed by atoms with Gasteiger partial charge in [-0.05, 0) is 56.8 Å². The Morgan fingerprint density at radius 1 is 1.24 bits per heavy atom. The molecule has 1 heterocycles. The smallest absolute Gasteiger partial charge is 0.157 e. The molecule has 0 aromatic rings. The summed E-state index contributed by atoms with van der Waals surface area (Å²) >= 11 is 0. The van der Waals surface area contributed by atoms with E-state index in [1.54, 1.807) is 0 Å². The largest absolute Gasteiger partial charge is 0.353 e. The molecule has 0 amide bonds. The average molecular weight is 237 g/mol. The van der Waals surface area contributed by atoms with Gasteiger partial charge in [-0.2, -0.15) is 0 Å². The highest BCUT2D eigenvalue weighted by Crippen LogP contribution is 2.66. The monoisotopic (exact) mass is 237 g/mol. The van der Waals surface area contributed by atoms with E-state index in [2.05, 4.69) is 20.8 Å². The van der Waals surface area contributed by atoms with Crippen LogP contribution in [0.15, 0.2) is 0 Å². The molecule has 0 spiro atoms. The standard InChI is InChI=1S/C15H25O2/c1-14(2)11-7-8-15(14,3)12(10-11)17-13-6-4-5-9-16-13/h11-13H,3-10H2,1-2H3. The highest BCUT2D eigenvalue weighted by Gasteiger charge is 2.62. The third-order valence-corrected chi connectivity index (χ3v) is 5.81. The van der Waals surface area contributed by atoms with E-state index in [1.807, 2.05) is 0 Å². The van der Waals surface area contributed by atoms with Crippen LogP contribution < -0.4 is 0 Å². The van der Waals surface area contributed by atoms with Crippen LogP contribution in [0.5, 0.6) is 0 Å². The van der Waals surface area contributed by atoms with Crippen molar-refractivity contribution < 1.29 is 9.47 Å². The number of fused-ring (bicyclic) bond motifs is 2. The fourth-order valence-electron chi connectivity index (χ4n) is 4.18. The highest BCUT2D eigenvalue weighted by atomic mass is 16.7. The van der Waals surface area contributed by atoms with Crippen LogP contribution in [-0.2, 0) is 9.47 Å². The van der Waals surface area contributed by atoms with Crippen LogP contribution >= 0.6 is 0 Å². The van der Waals surface area contributed by atoms with E-state index < -0.39 is 0 Å². The van der Waals surface area contributed by atoms with Gasteiger partial charge in [0.15, 0.2) is 6.29 Å². The predicted molar refractivity (Wildman–Crippen MR) is 67.4 cm³/mol. The van der Waals surface area contributed by atoms with Crippen molar-refractivity contribution in [3.05, 3.63) is 6.92 Å². The number of hydrogen-bond acceptors (Lipinski definition) is 2. The molecule has 2 bridgehead atoms. The summed E-state index contributed by atoms with van der Waals surface area (Å²) in [4.78, 5) is 0. The van der Waals surface area contributed by atoms with E-state index >= 15 is 0 Å². The zero-order valence-electron chi connectivity index (χ0n) is 11.2. The van der Waals surface area contributed by atoms with Crippen LogP contribution in [-0.4, -0.2) is 19.0 Å². The summed E-state index contributed by atoms with van der Waals surface area (Å²) in [5.41, 5.74) is 0.463. The van der Waals surface area contributed by atoms with Gasteiger partial charge in [-0.25, -0.2) is 0 Å². The second-order valence-electron chi connectivity index (χ2n) is 6.77. The summed E-state index contributed by atoms with van der Waals surface area (Å²) in [7, 11) is 0. The van der Waals surface area contributed by atoms with Gasteiger partial charge in [-0.3, -0.25) is 0 Å². The first-order valence-electron chi connectivity index (χ1n) is 7.16. The normalized spacial score (nSPS) is 48.5. The van der Waals surface area contributed by atoms with E-state index in [1.165, 1.54) is 32.1 Å². The van der Waals surface area contributed by atoms with Gasteiger partial charge in [0.1, 0.15) is 0 Å². The Morgan fingerprint density at radius 3 is 2.59 bits per heavy atom. The van der Waals surface area contributed by atoms with Crippen molar-refractivity contribution in [2.45, 2.75) is 64.8 Å². The summed E-state index contributed by atoms with van der Waals surface area (Å²) in [6.07, 6.45) is 7.61. The Balaban J connectivity index is 1.69. The van der Waals surface area contributed by atoms with E-state index in [9.17, 15) is 0 Å². The fraction of sp³-hybridized carbons (Fsp3) is 0.933. The molecule has 2 heteroatoms. The lowest BCUT2D eigenvalue weighted by molar-refractivity contribution is -0.208. The van der Waals surface area contributed by atoms with E-state index in [0.29, 0.717) is 11.5 Å². The Bertz CT molecular complexity index is 293. The summed E-state index contributed by atoms with van der Waals surface area (Å²) in [6, 6.07) is 0. The minimum absolute atomic E-state index is 0.0440. The second-order valence-corrected chi connectivity index (χ2v) is 6.77. The maximum atomic E-state index is 6.24. The summed E-state index contributed by atoms with van der Waals surface area (Å²) in [5.74, 6) is 0.800. The molecule has 4 atom stereocenters. The highest BCUT2D eigenvalue weighted by molar-refractivity contribution is 5.14. The van der Waals surface area contributed by atoms with Crippen molar-refractivity contribution in [2.75, 3.05) is 6.61 Å². The summed E-state index contributed by atoms with van der Waals surface area (Å²) in [5, 5.41) is 0. The van der Waals surface area contributed by atoms with Crippen molar-refractivity contribution >= 4 is 0 Å². The van der Waals surface area contributed by atoms with Crippen molar-refractivity contribution in [2.24, 2.45) is 16.7 Å². The fourth-order valence-corrected chi connectivity index (χ4v) is 4.18. The number of hydrogen-bond donors (Lipinski definition) is 0. The molecule has 4 unspecified atom stereocenters. The molecule has 3 aliphatic rings. The van der Waals surface area contributed by atoms with E-state index in [4.69, 9.17) is 9.47 Å². The van der Waals surface area contributed by atoms with E-state index in [-0.39, 0.29) is 11.7 Å². The van der Waals surface area contributed by atoms with Gasteiger partial charge in [-0.15, -0.1) is 0 Å². The van der Waals surface area contributed by atoms with Crippen LogP contribution in [0.3, 0.4) is 0 Å². The molecule has 1 aliphatic heterocycles. The first-order valence-corrected chi connectivity index (χ1v) is 7.16. The van der Waals surface area contributed by atoms with Crippen molar-refractivity contribution in [1.29, 1.82) is 0 Å². The molecule has 2 saturated carbocycles. The molecular weight excluding hydrogens is 212 g/mol. The van der Waals surface area contributed by atoms with Crippen molar-refractivity contribution in [3.8, 4) is 0 Å². The van der Waals surface area contributed by atoms with Gasteiger partial charge in [0.2, 0.25) is 0 Å². The van der Waals surface area contributed by atoms with Gasteiger partial charge in [0.05, 0.1) is 6.10 Å². The zero-order chi connectivity index (χ0) is 12.1. The molecule has 2 nitrogen and oxygen atoms in total. The van der Waals surface area contributed by atoms with Gasteiger partial charge in [0, 0.05) is 12.0 Å². The van der Waals surface area contributed by atoms with Crippen LogP contribution in [0, 0.1) is 23.7 Å². The van der Waals surface area contributed by atoms with Gasteiger partial charge < -0.3 is 9.47 Å². The summed E-state index contributed by atoms with van der Waals surface area (Å²) < 4.78 is 12.0. The molecule has 3 rings (SSSR count). The van der Waals surface area contributed by atoms with E-state index in [0.717, 1.165) is 18.9 Å². The lowest BCUT2D eigenvalue weighted by atomic mass is 9.70. The number of ether oxygens (including phenoxy) is 2. The van der Waals surface area contributed by atoms with Crippen molar-refractivity contribution in [1.82, 2.24) is 0 Å². The Labute approximate surface area is 105 Å². The maximum absolute atomic E-state index is 6.24. The lowest BCUT2D eigenvalue weighted by Crippen LogP contribution is -2.40. The maximum Gasteiger partial charge on any atom is 0.157 e. The molecule has 1 saturated heterocycles. The van der Waals surface area contributed by atoms with Crippen LogP contribution in [0.4, 0.5) is 0 Å². The predicted octanol–water partition coefficient (Wildman–Crippen LogP) is 3.56. The average Bonchev–Trinajstić information content (AvgIpc) is 2.63. The van der Waals surface area contributed by atoms with Gasteiger partial charge in [-0.1, -0.05) is 13.8 Å². The minimum Gasteiger partial charge on any atom is -0.353 e. The summed E-state index contributed by atoms with van der Waals surface area (Å²) in [6.45, 7) is 10.2. The SMILES string of the molecule is [CH2]C12CCC(CC1OC1CCCCO1)C2(C)C. The Kier molecular flexibility index (Phi) is 2.79. The van der Waals surface area contributed by atoms with Gasteiger partial charge >= 0.3 is 0 Å². The van der Waals surface area contributed by atoms with Crippen LogP contribution in [0.1, 0.15) is 52.4 Å². The number of rotatable bonds is 2. The molecular formula is C15H25O2. The quantitative estimate of drug-likeness (QED) is 0.731. The molecule has 3 fully saturated rings. The molecule has 0 aromatic heterocycles. The molecule has 97 valence electrons. The molecule has 17 heavy (non-hydrogen) atoms. The minimum atomic E-state index is 0.0440. The van der Waals surface area contributed by atoms with Crippen molar-refractivity contribution in [3.63, 3.8) is 0 Å². The lowest BCUT2D eigenvalue weighted by Gasteiger charge is -2.40. The molecule has 1 radical (unpaired) electrons. The zero-order valence-corrected chi connectivity index (χ0v) is 11.2. The molecule has 0 N–H and O–H groups in total. The second kappa shape index (κ2) is 3.96. The Hall–Kier alpha value is -0.0800. The Morgan fingerprint density at radius 2 is 2.06 bits per heavy atom. The third-order valence-electron chi connectivity index (χ3n) is 5.81. The molecule has 0 aromatic carbocycles. The topological polar surface area (TPSA) is 18.5 Å². The molecule has 2 aliphatic carbocycles. The first kappa shape index (κ1) is 12.0. The first-order chi connectivity index (χ1) is 8.04. The van der Waals surface area contributed by atoms with Gasteiger partial charge in [0.25, 0.3) is 0 Å².